The van der Waals surface area contributed by atoms with E-state index in [1.807, 2.05) is 24.7 Å². The predicted octanol–water partition coefficient (Wildman–Crippen LogP) is 1.32. The van der Waals surface area contributed by atoms with Crippen LogP contribution < -0.4 is 0 Å². The molecule has 0 N–H and O–H groups in total. The molecule has 0 bridgehead atoms. The van der Waals surface area contributed by atoms with Crippen molar-refractivity contribution in [2.45, 2.75) is 38.6 Å². The van der Waals surface area contributed by atoms with E-state index in [0.717, 1.165) is 12.4 Å². The number of hydrogen-bond acceptors (Lipinski definition) is 4. The number of aryl methyl sites for hydroxylation is 2. The second-order valence-corrected chi connectivity index (χ2v) is 6.64. The first-order chi connectivity index (χ1) is 12.0. The van der Waals surface area contributed by atoms with Gasteiger partial charge in [-0.05, 0) is 13.3 Å². The van der Waals surface area contributed by atoms with E-state index >= 15 is 0 Å². The van der Waals surface area contributed by atoms with E-state index in [4.69, 9.17) is 0 Å². The lowest BCUT2D eigenvalue weighted by Gasteiger charge is -2.28. The minimum Gasteiger partial charge on any atom is -0.340 e. The van der Waals surface area contributed by atoms with Gasteiger partial charge in [0.25, 0.3) is 5.91 Å². The van der Waals surface area contributed by atoms with Crippen molar-refractivity contribution < 1.29 is 9.18 Å². The van der Waals surface area contributed by atoms with Gasteiger partial charge in [0.2, 0.25) is 0 Å². The number of likely N-dealkylation sites (tertiary alicyclic amines) is 1. The average Bonchev–Trinajstić information content (AvgIpc) is 3.29. The van der Waals surface area contributed by atoms with Gasteiger partial charge >= 0.3 is 0 Å². The molecule has 0 radical (unpaired) electrons. The number of likely N-dealkylation sites (N-methyl/N-ethyl adjacent to an activating group) is 1. The molecule has 1 saturated heterocycles. The summed E-state index contributed by atoms with van der Waals surface area (Å²) in [7, 11) is 3.69. The predicted molar refractivity (Wildman–Crippen MR) is 91.8 cm³/mol. The molecule has 0 saturated carbocycles. The maximum absolute atomic E-state index is 14.0. The number of carbonyl (C=O) groups excluding carboxylic acids is 1. The van der Waals surface area contributed by atoms with Gasteiger partial charge in [0.15, 0.2) is 0 Å². The molecule has 7 nitrogen and oxygen atoms in total. The van der Waals surface area contributed by atoms with Crippen LogP contribution in [-0.2, 0) is 20.1 Å². The molecule has 136 valence electrons. The third kappa shape index (κ3) is 3.89. The van der Waals surface area contributed by atoms with Crippen LogP contribution in [0.2, 0.25) is 0 Å². The minimum atomic E-state index is -0.864. The Morgan fingerprint density at radius 1 is 1.48 bits per heavy atom. The van der Waals surface area contributed by atoms with E-state index in [2.05, 4.69) is 15.0 Å². The highest BCUT2D eigenvalue weighted by Crippen LogP contribution is 2.23. The van der Waals surface area contributed by atoms with E-state index < -0.39 is 6.17 Å². The van der Waals surface area contributed by atoms with Crippen molar-refractivity contribution in [2.75, 3.05) is 20.1 Å². The second-order valence-electron chi connectivity index (χ2n) is 6.64. The van der Waals surface area contributed by atoms with E-state index in [-0.39, 0.29) is 11.9 Å². The van der Waals surface area contributed by atoms with Crippen LogP contribution in [0.1, 0.15) is 29.5 Å². The van der Waals surface area contributed by atoms with Crippen LogP contribution in [0.5, 0.6) is 0 Å². The molecule has 0 spiro atoms. The third-order valence-electron chi connectivity index (χ3n) is 4.78. The summed E-state index contributed by atoms with van der Waals surface area (Å²) in [5.41, 5.74) is 0.565. The fourth-order valence-electron chi connectivity index (χ4n) is 3.30. The zero-order valence-electron chi connectivity index (χ0n) is 15.0. The Morgan fingerprint density at radius 3 is 2.92 bits per heavy atom. The molecule has 2 aromatic heterocycles. The lowest BCUT2D eigenvalue weighted by Crippen LogP contribution is -2.41. The van der Waals surface area contributed by atoms with E-state index in [1.54, 1.807) is 35.2 Å². The van der Waals surface area contributed by atoms with Gasteiger partial charge < -0.3 is 9.47 Å². The Bertz CT molecular complexity index is 726. The van der Waals surface area contributed by atoms with Gasteiger partial charge in [-0.15, -0.1) is 0 Å². The molecule has 3 heterocycles. The number of aromatic nitrogens is 4. The molecule has 1 fully saturated rings. The van der Waals surface area contributed by atoms with E-state index in [1.165, 1.54) is 0 Å². The number of carbonyl (C=O) groups is 1. The molecule has 8 heteroatoms. The first-order valence-corrected chi connectivity index (χ1v) is 8.60. The number of rotatable bonds is 6. The van der Waals surface area contributed by atoms with Crippen LogP contribution in [0.15, 0.2) is 24.8 Å². The monoisotopic (exact) mass is 348 g/mol. The Morgan fingerprint density at radius 2 is 2.28 bits per heavy atom. The Labute approximate surface area is 147 Å². The van der Waals surface area contributed by atoms with Gasteiger partial charge in [-0.1, -0.05) is 0 Å². The van der Waals surface area contributed by atoms with E-state index in [9.17, 15) is 9.18 Å². The molecule has 3 rings (SSSR count). The van der Waals surface area contributed by atoms with E-state index in [0.29, 0.717) is 31.6 Å². The standard InChI is InChI=1S/C17H25FN6O/c1-4-24-9-13(8-20-24)17(25)22(3)11-15-7-14(18)10-23(15)12-16-19-5-6-21(16)2/h5-6,8-9,14-15H,4,7,10-12H2,1-3H3/t14-,15-/m0/s1. The van der Waals surface area contributed by atoms with Crippen molar-refractivity contribution in [3.8, 4) is 0 Å². The summed E-state index contributed by atoms with van der Waals surface area (Å²) < 4.78 is 17.7. The molecule has 0 unspecified atom stereocenters. The highest BCUT2D eigenvalue weighted by Gasteiger charge is 2.34. The van der Waals surface area contributed by atoms with Crippen LogP contribution in [0.3, 0.4) is 0 Å². The summed E-state index contributed by atoms with van der Waals surface area (Å²) >= 11 is 0. The van der Waals surface area contributed by atoms with Crippen LogP contribution in [0.4, 0.5) is 4.39 Å². The van der Waals surface area contributed by atoms with Crippen LogP contribution >= 0.6 is 0 Å². The first kappa shape index (κ1) is 17.6. The fraction of sp³-hybridized carbons (Fsp3) is 0.588. The molecule has 0 aliphatic carbocycles. The van der Waals surface area contributed by atoms with Gasteiger partial charge in [0.1, 0.15) is 12.0 Å². The Kier molecular flexibility index (Phi) is 5.17. The van der Waals surface area contributed by atoms with Crippen molar-refractivity contribution in [1.82, 2.24) is 29.1 Å². The van der Waals surface area contributed by atoms with Crippen molar-refractivity contribution >= 4 is 5.91 Å². The maximum Gasteiger partial charge on any atom is 0.256 e. The zero-order valence-corrected chi connectivity index (χ0v) is 15.0. The highest BCUT2D eigenvalue weighted by atomic mass is 19.1. The summed E-state index contributed by atoms with van der Waals surface area (Å²) in [6.07, 6.45) is 6.54. The maximum atomic E-state index is 14.0. The number of alkyl halides is 1. The lowest BCUT2D eigenvalue weighted by atomic mass is 10.2. The average molecular weight is 348 g/mol. The van der Waals surface area contributed by atoms with Crippen molar-refractivity contribution in [3.05, 3.63) is 36.2 Å². The normalized spacial score (nSPS) is 21.0. The number of amides is 1. The van der Waals surface area contributed by atoms with Crippen LogP contribution in [-0.4, -0.2) is 67.4 Å². The molecule has 1 aliphatic heterocycles. The zero-order chi connectivity index (χ0) is 18.0. The highest BCUT2D eigenvalue weighted by molar-refractivity contribution is 5.93. The SMILES string of the molecule is CCn1cc(C(=O)N(C)C[C@@H]2C[C@H](F)CN2Cc2nccn2C)cn1. The Hall–Kier alpha value is -2.22. The van der Waals surface area contributed by atoms with Gasteiger partial charge in [-0.25, -0.2) is 9.37 Å². The quantitative estimate of drug-likeness (QED) is 0.790. The summed E-state index contributed by atoms with van der Waals surface area (Å²) in [6.45, 7) is 4.15. The summed E-state index contributed by atoms with van der Waals surface area (Å²) in [4.78, 5) is 20.6. The largest absolute Gasteiger partial charge is 0.340 e. The van der Waals surface area contributed by atoms with Crippen molar-refractivity contribution in [2.24, 2.45) is 7.05 Å². The smallest absolute Gasteiger partial charge is 0.256 e. The molecule has 1 aliphatic rings. The molecular formula is C17H25FN6O. The van der Waals surface area contributed by atoms with Crippen LogP contribution in [0.25, 0.3) is 0 Å². The number of hydrogen-bond donors (Lipinski definition) is 0. The van der Waals surface area contributed by atoms with Gasteiger partial charge in [0.05, 0.1) is 18.3 Å². The third-order valence-corrected chi connectivity index (χ3v) is 4.78. The Balaban J connectivity index is 1.64. The van der Waals surface area contributed by atoms with Crippen molar-refractivity contribution in [1.29, 1.82) is 0 Å². The first-order valence-electron chi connectivity index (χ1n) is 8.60. The van der Waals surface area contributed by atoms with Gasteiger partial charge in [-0.3, -0.25) is 14.4 Å². The minimum absolute atomic E-state index is 0.0122. The molecule has 0 aromatic carbocycles. The number of imidazole rings is 1. The summed E-state index contributed by atoms with van der Waals surface area (Å²) in [5.74, 6) is 0.816. The lowest BCUT2D eigenvalue weighted by molar-refractivity contribution is 0.0748. The molecule has 2 atom stereocenters. The molecular weight excluding hydrogens is 323 g/mol. The molecule has 2 aromatic rings. The summed E-state index contributed by atoms with van der Waals surface area (Å²) in [5, 5.41) is 4.14. The number of nitrogens with zero attached hydrogens (tertiary/aromatic N) is 6. The second kappa shape index (κ2) is 7.35. The molecule has 25 heavy (non-hydrogen) atoms. The van der Waals surface area contributed by atoms with Crippen LogP contribution in [0, 0.1) is 0 Å². The summed E-state index contributed by atoms with van der Waals surface area (Å²) in [6, 6.07) is -0.0122. The fourth-order valence-corrected chi connectivity index (χ4v) is 3.30. The van der Waals surface area contributed by atoms with Crippen molar-refractivity contribution in [3.63, 3.8) is 0 Å². The van der Waals surface area contributed by atoms with Gasteiger partial charge in [-0.2, -0.15) is 5.10 Å². The van der Waals surface area contributed by atoms with Gasteiger partial charge in [0, 0.05) is 58.4 Å². The molecule has 1 amide bonds. The number of halogens is 1. The topological polar surface area (TPSA) is 59.2 Å².